The fourth-order valence-corrected chi connectivity index (χ4v) is 1.13. The van der Waals surface area contributed by atoms with Gasteiger partial charge >= 0.3 is 5.97 Å². The molecule has 0 saturated heterocycles. The number of carbonyl (C=O) groups is 1. The second-order valence-electron chi connectivity index (χ2n) is 3.44. The minimum atomic E-state index is -1.97. The lowest BCUT2D eigenvalue weighted by Crippen LogP contribution is -2.07. The standard InChI is InChI=1S/C11H13FO3/c1-7(2)15-9-5-3-8(4-6-9)10(12)11(13)14/h3-7,10H,1-2H3,(H,13,14). The minimum absolute atomic E-state index is 0.0384. The number of carboxylic acid groups (broad SMARTS) is 1. The molecule has 0 fully saturated rings. The molecule has 1 N–H and O–H groups in total. The molecule has 0 aliphatic heterocycles. The molecule has 3 nitrogen and oxygen atoms in total. The molecule has 0 bridgehead atoms. The molecular formula is C11H13FO3. The van der Waals surface area contributed by atoms with Crippen LogP contribution in [0.2, 0.25) is 0 Å². The molecule has 0 heterocycles. The van der Waals surface area contributed by atoms with E-state index in [0.717, 1.165) is 0 Å². The first-order valence-electron chi connectivity index (χ1n) is 4.64. The Balaban J connectivity index is 2.76. The number of hydrogen-bond donors (Lipinski definition) is 1. The first kappa shape index (κ1) is 11.5. The average Bonchev–Trinajstić information content (AvgIpc) is 2.17. The van der Waals surface area contributed by atoms with Gasteiger partial charge in [-0.3, -0.25) is 0 Å². The van der Waals surface area contributed by atoms with E-state index in [-0.39, 0.29) is 11.7 Å². The summed E-state index contributed by atoms with van der Waals surface area (Å²) in [6, 6.07) is 5.95. The van der Waals surface area contributed by atoms with Crippen molar-refractivity contribution in [2.24, 2.45) is 0 Å². The molecule has 0 aliphatic rings. The van der Waals surface area contributed by atoms with Gasteiger partial charge in [-0.25, -0.2) is 9.18 Å². The van der Waals surface area contributed by atoms with E-state index in [1.807, 2.05) is 13.8 Å². The highest BCUT2D eigenvalue weighted by atomic mass is 19.1. The Morgan fingerprint density at radius 2 is 1.87 bits per heavy atom. The third kappa shape index (κ3) is 3.23. The first-order valence-corrected chi connectivity index (χ1v) is 4.64. The number of ether oxygens (including phenoxy) is 1. The van der Waals surface area contributed by atoms with Crippen LogP contribution >= 0.6 is 0 Å². The molecule has 1 aromatic rings. The summed E-state index contributed by atoms with van der Waals surface area (Å²) >= 11 is 0. The Hall–Kier alpha value is -1.58. The SMILES string of the molecule is CC(C)Oc1ccc(C(F)C(=O)O)cc1. The highest BCUT2D eigenvalue weighted by Gasteiger charge is 2.17. The van der Waals surface area contributed by atoms with Gasteiger partial charge in [-0.1, -0.05) is 12.1 Å². The van der Waals surface area contributed by atoms with Crippen LogP contribution in [0.5, 0.6) is 5.75 Å². The minimum Gasteiger partial charge on any atom is -0.491 e. The van der Waals surface area contributed by atoms with Crippen molar-refractivity contribution in [2.75, 3.05) is 0 Å². The van der Waals surface area contributed by atoms with Gasteiger partial charge in [-0.2, -0.15) is 0 Å². The van der Waals surface area contributed by atoms with Gasteiger partial charge < -0.3 is 9.84 Å². The third-order valence-corrected chi connectivity index (χ3v) is 1.76. The van der Waals surface area contributed by atoms with Crippen LogP contribution in [0.15, 0.2) is 24.3 Å². The number of aliphatic carboxylic acids is 1. The van der Waals surface area contributed by atoms with Crippen molar-refractivity contribution in [3.05, 3.63) is 29.8 Å². The normalized spacial score (nSPS) is 12.5. The highest BCUT2D eigenvalue weighted by Crippen LogP contribution is 2.21. The van der Waals surface area contributed by atoms with Crippen molar-refractivity contribution in [1.29, 1.82) is 0 Å². The van der Waals surface area contributed by atoms with Crippen molar-refractivity contribution in [3.8, 4) is 5.75 Å². The summed E-state index contributed by atoms with van der Waals surface area (Å²) in [6.45, 7) is 3.76. The lowest BCUT2D eigenvalue weighted by molar-refractivity contribution is -0.143. The molecule has 0 amide bonds. The van der Waals surface area contributed by atoms with Gasteiger partial charge in [-0.05, 0) is 31.5 Å². The quantitative estimate of drug-likeness (QED) is 0.834. The number of carboxylic acids is 1. The second kappa shape index (κ2) is 4.77. The first-order chi connectivity index (χ1) is 7.00. The van der Waals surface area contributed by atoms with Crippen LogP contribution in [0.4, 0.5) is 4.39 Å². The van der Waals surface area contributed by atoms with E-state index in [2.05, 4.69) is 0 Å². The summed E-state index contributed by atoms with van der Waals surface area (Å²) < 4.78 is 18.4. The summed E-state index contributed by atoms with van der Waals surface area (Å²) in [4.78, 5) is 10.4. The molecule has 0 radical (unpaired) electrons. The highest BCUT2D eigenvalue weighted by molar-refractivity contribution is 5.74. The van der Waals surface area contributed by atoms with Gasteiger partial charge in [0.1, 0.15) is 5.75 Å². The summed E-state index contributed by atoms with van der Waals surface area (Å²) in [7, 11) is 0. The van der Waals surface area contributed by atoms with Crippen LogP contribution in [-0.2, 0) is 4.79 Å². The molecule has 1 unspecified atom stereocenters. The summed E-state index contributed by atoms with van der Waals surface area (Å²) in [5.74, 6) is -0.876. The maximum atomic E-state index is 13.0. The number of benzene rings is 1. The Morgan fingerprint density at radius 1 is 1.33 bits per heavy atom. The lowest BCUT2D eigenvalue weighted by Gasteiger charge is -2.10. The van der Waals surface area contributed by atoms with E-state index >= 15 is 0 Å². The van der Waals surface area contributed by atoms with Crippen LogP contribution in [0.3, 0.4) is 0 Å². The second-order valence-corrected chi connectivity index (χ2v) is 3.44. The monoisotopic (exact) mass is 212 g/mol. The van der Waals surface area contributed by atoms with Crippen molar-refractivity contribution >= 4 is 5.97 Å². The van der Waals surface area contributed by atoms with Gasteiger partial charge in [0.2, 0.25) is 6.17 Å². The molecule has 82 valence electrons. The molecule has 0 saturated carbocycles. The number of alkyl halides is 1. The van der Waals surface area contributed by atoms with E-state index < -0.39 is 12.1 Å². The van der Waals surface area contributed by atoms with Gasteiger partial charge in [0.15, 0.2) is 0 Å². The molecule has 0 spiro atoms. The van der Waals surface area contributed by atoms with Gasteiger partial charge in [0, 0.05) is 0 Å². The fourth-order valence-electron chi connectivity index (χ4n) is 1.13. The predicted octanol–water partition coefficient (Wildman–Crippen LogP) is 2.57. The Kier molecular flexibility index (Phi) is 3.66. The fraction of sp³-hybridized carbons (Fsp3) is 0.364. The molecule has 0 aliphatic carbocycles. The topological polar surface area (TPSA) is 46.5 Å². The van der Waals surface area contributed by atoms with E-state index in [1.165, 1.54) is 12.1 Å². The van der Waals surface area contributed by atoms with Crippen LogP contribution in [0, 0.1) is 0 Å². The van der Waals surface area contributed by atoms with Gasteiger partial charge in [0.05, 0.1) is 6.10 Å². The predicted molar refractivity (Wildman–Crippen MR) is 53.7 cm³/mol. The third-order valence-electron chi connectivity index (χ3n) is 1.76. The van der Waals surface area contributed by atoms with E-state index in [4.69, 9.17) is 9.84 Å². The van der Waals surface area contributed by atoms with Crippen LogP contribution in [-0.4, -0.2) is 17.2 Å². The molecule has 4 heteroatoms. The molecule has 1 rings (SSSR count). The van der Waals surface area contributed by atoms with E-state index in [1.54, 1.807) is 12.1 Å². The van der Waals surface area contributed by atoms with Crippen LogP contribution in [0.1, 0.15) is 25.6 Å². The number of halogens is 1. The number of hydrogen-bond acceptors (Lipinski definition) is 2. The zero-order chi connectivity index (χ0) is 11.4. The Labute approximate surface area is 87.5 Å². The Morgan fingerprint density at radius 3 is 2.27 bits per heavy atom. The summed E-state index contributed by atoms with van der Waals surface area (Å²) in [5.41, 5.74) is 0.124. The Bertz CT molecular complexity index is 332. The zero-order valence-electron chi connectivity index (χ0n) is 8.61. The maximum Gasteiger partial charge on any atom is 0.343 e. The molecule has 15 heavy (non-hydrogen) atoms. The van der Waals surface area contributed by atoms with E-state index in [9.17, 15) is 9.18 Å². The molecule has 1 aromatic carbocycles. The summed E-state index contributed by atoms with van der Waals surface area (Å²) in [5, 5.41) is 8.44. The average molecular weight is 212 g/mol. The summed E-state index contributed by atoms with van der Waals surface area (Å²) in [6.07, 6.45) is -1.94. The van der Waals surface area contributed by atoms with Gasteiger partial charge in [0.25, 0.3) is 0 Å². The van der Waals surface area contributed by atoms with Gasteiger partial charge in [-0.15, -0.1) is 0 Å². The van der Waals surface area contributed by atoms with Crippen molar-refractivity contribution in [1.82, 2.24) is 0 Å². The zero-order valence-corrected chi connectivity index (χ0v) is 8.61. The van der Waals surface area contributed by atoms with Crippen molar-refractivity contribution < 1.29 is 19.0 Å². The van der Waals surface area contributed by atoms with Crippen molar-refractivity contribution in [2.45, 2.75) is 26.1 Å². The molecular weight excluding hydrogens is 199 g/mol. The maximum absolute atomic E-state index is 13.0. The number of rotatable bonds is 4. The van der Waals surface area contributed by atoms with Crippen LogP contribution < -0.4 is 4.74 Å². The lowest BCUT2D eigenvalue weighted by atomic mass is 10.1. The van der Waals surface area contributed by atoms with Crippen LogP contribution in [0.25, 0.3) is 0 Å². The largest absolute Gasteiger partial charge is 0.491 e. The van der Waals surface area contributed by atoms with Crippen molar-refractivity contribution in [3.63, 3.8) is 0 Å². The molecule has 1 atom stereocenters. The van der Waals surface area contributed by atoms with E-state index in [0.29, 0.717) is 5.75 Å². The molecule has 0 aromatic heterocycles. The smallest absolute Gasteiger partial charge is 0.343 e.